The molecule has 0 aliphatic carbocycles. The Labute approximate surface area is 571 Å². The Bertz CT molecular complexity index is 1080. The average Bonchev–Trinajstić information content (AvgIpc) is 3.02. The van der Waals surface area contributed by atoms with E-state index < -0.39 is 119 Å². The molecule has 2 fully saturated rings. The Morgan fingerprint density at radius 3 is 1.24 bits per heavy atom. The number of hydrogen-bond donors (Lipinski definition) is 0. The van der Waals surface area contributed by atoms with Crippen LogP contribution >= 0.6 is 472 Å². The van der Waals surface area contributed by atoms with Crippen molar-refractivity contribution >= 4 is 472 Å². The molecule has 0 saturated carbocycles. The molecular weight excluding hydrogens is 4610 g/mol. The Morgan fingerprint density at radius 1 is 0.490 bits per heavy atom. The topological polar surface area (TPSA) is 6.48 Å². The van der Waals surface area contributed by atoms with Crippen molar-refractivity contribution in [2.24, 2.45) is 5.41 Å². The van der Waals surface area contributed by atoms with Gasteiger partial charge in [0.2, 0.25) is 0 Å². The maximum absolute atomic E-state index is 3.81. The third kappa shape index (κ3) is 14.2. The first-order valence-electron chi connectivity index (χ1n) is 10.5. The number of hydrogen-bond acceptors (Lipinski definition) is 2. The molecule has 2 aliphatic heterocycles. The molecule has 0 aromatic carbocycles. The monoisotopic (exact) mass is 4630 g/mol. The van der Waals surface area contributed by atoms with Crippen LogP contribution in [0.3, 0.4) is 0 Å². The summed E-state index contributed by atoms with van der Waals surface area (Å²) >= 11 is 55.3. The standard InChI is InChI=1S/C12H17I35N2/c1-6(2)48-8(5,32-13)9(11(48,38(20)42(24)25)39(21)44(28)34-15)10(36(17)18,37(19)33-14)49(7(3)4)12(9,40(22)46(30)43(26)27)41(23)47(31)45(29)35-16/h6-7H,1-5H3/q-4. The summed E-state index contributed by atoms with van der Waals surface area (Å²) in [6.07, 6.45) is 0. The third-order valence-corrected chi connectivity index (χ3v) is 1100. The van der Waals surface area contributed by atoms with Gasteiger partial charge in [0.15, 0.2) is 0 Å². The summed E-state index contributed by atoms with van der Waals surface area (Å²) in [7, 11) is -5.81. The van der Waals surface area contributed by atoms with Gasteiger partial charge in [0, 0.05) is 0 Å². The van der Waals surface area contributed by atoms with E-state index in [1.807, 2.05) is 0 Å². The van der Waals surface area contributed by atoms with Crippen LogP contribution in [-0.4, -0.2) is 30.1 Å². The molecule has 2 saturated heterocycles. The van der Waals surface area contributed by atoms with Gasteiger partial charge in [-0.25, -0.2) is 0 Å². The summed E-state index contributed by atoms with van der Waals surface area (Å²) in [6.45, 7) is 14.2. The zero-order valence-corrected chi connectivity index (χ0v) is 98.3. The summed E-state index contributed by atoms with van der Waals surface area (Å²) in [5, 5.41) is 0. The predicted octanol–water partition coefficient (Wildman–Crippen LogP) is 16.4. The van der Waals surface area contributed by atoms with Gasteiger partial charge < -0.3 is 0 Å². The number of alkyl halides is 7. The quantitative estimate of drug-likeness (QED) is 0.0767. The fraction of sp³-hybridized carbons (Fsp3) is 1.00. The van der Waals surface area contributed by atoms with Gasteiger partial charge in [-0.3, -0.25) is 0 Å². The third-order valence-electron chi connectivity index (χ3n) is 6.38. The van der Waals surface area contributed by atoms with Crippen molar-refractivity contribution in [2.45, 2.75) is 54.9 Å². The first-order valence-corrected chi connectivity index (χ1v) is 194. The SMILES string of the molecule is CC(C)N1C(C)([I-]I)C2(C(I(I)I)(I(I)[I-]I)N(C(C)C)C2(I(I)I(I)I(I)I)I(I)I(I)I(I)[I-]I)C1(I(I)I(I)I)I(I)I(I)[I-]I. The van der Waals surface area contributed by atoms with E-state index in [4.69, 9.17) is 0 Å². The van der Waals surface area contributed by atoms with Crippen LogP contribution < -0.4 is 57.0 Å². The summed E-state index contributed by atoms with van der Waals surface area (Å²) in [6, 6.07) is 1.49. The minimum atomic E-state index is -1.40. The van der Waals surface area contributed by atoms with Crippen LogP contribution in [0.15, 0.2) is 0 Å². The molecule has 49 heavy (non-hydrogen) atoms. The van der Waals surface area contributed by atoms with Crippen LogP contribution in [0.25, 0.3) is 0 Å². The zero-order valence-electron chi connectivity index (χ0n) is 22.8. The number of halogens is 35. The van der Waals surface area contributed by atoms with Crippen LogP contribution in [0.2, 0.25) is 0 Å². The predicted molar refractivity (Wildman–Crippen MR) is 488 cm³/mol. The van der Waals surface area contributed by atoms with Gasteiger partial charge in [-0.2, -0.15) is 0 Å². The Morgan fingerprint density at radius 2 is 0.918 bits per heavy atom. The molecule has 5 atom stereocenters. The fourth-order valence-corrected chi connectivity index (χ4v) is 1420. The molecule has 2 aliphatic rings. The number of likely N-dealkylation sites (tertiary alicyclic amines) is 2. The van der Waals surface area contributed by atoms with Crippen molar-refractivity contribution in [2.75, 3.05) is 0 Å². The summed E-state index contributed by atoms with van der Waals surface area (Å²) in [5.74, 6) is 0. The second-order valence-electron chi connectivity index (χ2n) is 8.64. The summed E-state index contributed by atoms with van der Waals surface area (Å²) in [5.41, 5.74) is 0.699. The minimum absolute atomic E-state index is 0.0293. The maximum atomic E-state index is 3.81. The fourth-order valence-electron chi connectivity index (χ4n) is 5.57. The average molecular weight is 4630 g/mol. The summed E-state index contributed by atoms with van der Waals surface area (Å²) < 4.78 is 2.62. The second-order valence-corrected chi connectivity index (χ2v) is 506. The molecule has 37 heteroatoms. The van der Waals surface area contributed by atoms with E-state index in [9.17, 15) is 0 Å². The van der Waals surface area contributed by atoms with E-state index in [0.717, 1.165) is 15.2 Å². The van der Waals surface area contributed by atoms with E-state index >= 15 is 0 Å². The molecule has 2 heterocycles. The second kappa shape index (κ2) is 33.4. The van der Waals surface area contributed by atoms with E-state index in [1.54, 1.807) is 0 Å². The molecule has 0 amide bonds. The molecule has 0 aromatic rings. The molecule has 2 nitrogen and oxygen atoms in total. The van der Waals surface area contributed by atoms with Crippen molar-refractivity contribution in [1.82, 2.24) is 9.80 Å². The van der Waals surface area contributed by atoms with Gasteiger partial charge in [0.1, 0.15) is 0 Å². The van der Waals surface area contributed by atoms with Crippen LogP contribution in [0.4, 0.5) is 0 Å². The molecule has 0 aromatic heterocycles. The van der Waals surface area contributed by atoms with E-state index in [1.165, 1.54) is 0 Å². The molecule has 0 N–H and O–H groups in total. The van der Waals surface area contributed by atoms with Gasteiger partial charge in [-0.05, 0) is 0 Å². The molecule has 5 unspecified atom stereocenters. The van der Waals surface area contributed by atoms with Crippen LogP contribution in [-0.2, 0) is 0 Å². The summed E-state index contributed by atoms with van der Waals surface area (Å²) in [4.78, 5) is 7.44. The molecule has 324 valence electrons. The van der Waals surface area contributed by atoms with E-state index in [2.05, 4.69) is 398 Å². The van der Waals surface area contributed by atoms with Crippen molar-refractivity contribution in [3.63, 3.8) is 0 Å². The Balaban J connectivity index is 3.72. The van der Waals surface area contributed by atoms with Gasteiger partial charge in [0.25, 0.3) is 0 Å². The van der Waals surface area contributed by atoms with Crippen molar-refractivity contribution in [1.29, 1.82) is 0 Å². The number of rotatable bonds is 18. The number of nitrogens with zero attached hydrogens (tertiary/aromatic N) is 2. The normalized spacial score (nSPS) is 34.5. The van der Waals surface area contributed by atoms with Crippen LogP contribution in [0, 0.1) is 5.41 Å². The van der Waals surface area contributed by atoms with Gasteiger partial charge in [-0.15, -0.1) is 0 Å². The Hall–Kier alpha value is 25.5. The van der Waals surface area contributed by atoms with E-state index in [0.29, 0.717) is 37.0 Å². The first kappa shape index (κ1) is 70.6. The molecule has 2 rings (SSSR count). The first-order chi connectivity index (χ1) is 22.4. The van der Waals surface area contributed by atoms with Crippen molar-refractivity contribution in [3.8, 4) is 0 Å². The molecule has 1 spiro atoms. The van der Waals surface area contributed by atoms with Gasteiger partial charge >= 0.3 is 599 Å². The molecule has 0 bridgehead atoms. The van der Waals surface area contributed by atoms with Crippen molar-refractivity contribution < 1.29 is 57.0 Å². The van der Waals surface area contributed by atoms with Gasteiger partial charge in [0.05, 0.1) is 0 Å². The molecular formula is C12H17I35N2-4. The van der Waals surface area contributed by atoms with Crippen molar-refractivity contribution in [3.05, 3.63) is 0 Å². The molecule has 0 radical (unpaired) electrons. The Kier molecular flexibility index (Phi) is 48.1. The van der Waals surface area contributed by atoms with Gasteiger partial charge in [-0.1, -0.05) is 0 Å². The zero-order chi connectivity index (χ0) is 38.6. The van der Waals surface area contributed by atoms with E-state index in [-0.39, 0.29) is 30.5 Å². The van der Waals surface area contributed by atoms with Crippen LogP contribution in [0.5, 0.6) is 0 Å². The van der Waals surface area contributed by atoms with Crippen LogP contribution in [0.1, 0.15) is 34.6 Å².